The summed E-state index contributed by atoms with van der Waals surface area (Å²) in [5, 5.41) is 9.28. The van der Waals surface area contributed by atoms with Crippen molar-refractivity contribution in [2.45, 2.75) is 66.0 Å². The monoisotopic (exact) mass is 504 g/mol. The predicted octanol–water partition coefficient (Wildman–Crippen LogP) is 7.76. The maximum Gasteiger partial charge on any atom is 0.392 e. The van der Waals surface area contributed by atoms with Crippen molar-refractivity contribution in [3.63, 3.8) is 0 Å². The van der Waals surface area contributed by atoms with E-state index in [4.69, 9.17) is 4.42 Å². The number of aromatic nitrogens is 1. The molecule has 0 aliphatic heterocycles. The van der Waals surface area contributed by atoms with E-state index in [9.17, 15) is 23.1 Å². The number of anilines is 1. The fraction of sp³-hybridized carbons (Fsp3) is 0.464. The molecule has 36 heavy (non-hydrogen) atoms. The summed E-state index contributed by atoms with van der Waals surface area (Å²) in [4.78, 5) is 13.7. The van der Waals surface area contributed by atoms with Gasteiger partial charge in [0.05, 0.1) is 11.6 Å². The van der Waals surface area contributed by atoms with Gasteiger partial charge in [0, 0.05) is 30.5 Å². The van der Waals surface area contributed by atoms with Crippen LogP contribution >= 0.6 is 0 Å². The predicted molar refractivity (Wildman–Crippen MR) is 136 cm³/mol. The number of furan rings is 1. The van der Waals surface area contributed by atoms with Crippen LogP contribution in [0.2, 0.25) is 0 Å². The third kappa shape index (κ3) is 5.79. The Bertz CT molecular complexity index is 1140. The van der Waals surface area contributed by atoms with Crippen LogP contribution in [0.25, 0.3) is 17.1 Å². The lowest BCUT2D eigenvalue weighted by Gasteiger charge is -2.25. The van der Waals surface area contributed by atoms with E-state index in [2.05, 4.69) is 18.7 Å². The molecule has 0 fully saturated rings. The van der Waals surface area contributed by atoms with Crippen LogP contribution in [0.5, 0.6) is 0 Å². The smallest absolute Gasteiger partial charge is 0.392 e. The summed E-state index contributed by atoms with van der Waals surface area (Å²) in [7, 11) is 0. The van der Waals surface area contributed by atoms with E-state index in [1.165, 1.54) is 6.07 Å². The third-order valence-corrected chi connectivity index (χ3v) is 6.39. The maximum atomic E-state index is 13.4. The average Bonchev–Trinajstić information content (AvgIpc) is 3.49. The van der Waals surface area contributed by atoms with Crippen LogP contribution in [0.4, 0.5) is 18.9 Å². The number of carboxylic acid groups (broad SMARTS) is 1. The van der Waals surface area contributed by atoms with Crippen LogP contribution < -0.4 is 4.90 Å². The number of hydrogen-bond acceptors (Lipinski definition) is 3. The first-order valence-electron chi connectivity index (χ1n) is 12.7. The van der Waals surface area contributed by atoms with Crippen LogP contribution in [0.1, 0.15) is 68.8 Å². The van der Waals surface area contributed by atoms with E-state index in [1.54, 1.807) is 16.7 Å². The van der Waals surface area contributed by atoms with Crippen molar-refractivity contribution in [3.05, 3.63) is 59.5 Å². The van der Waals surface area contributed by atoms with Crippen LogP contribution in [-0.2, 0) is 12.8 Å². The SMILES string of the molecule is CC.CCCN(CCC)c1ccc(-c2cc3c(n2-c2ccc(C(=O)O)o2)CCC(C(F)(F)F)C3)cc1. The van der Waals surface area contributed by atoms with E-state index in [1.807, 2.05) is 38.1 Å². The average molecular weight is 505 g/mol. The molecule has 1 unspecified atom stereocenters. The topological polar surface area (TPSA) is 58.6 Å². The van der Waals surface area contributed by atoms with Gasteiger partial charge in [-0.15, -0.1) is 0 Å². The summed E-state index contributed by atoms with van der Waals surface area (Å²) < 4.78 is 47.6. The van der Waals surface area contributed by atoms with Gasteiger partial charge in [0.2, 0.25) is 11.6 Å². The Morgan fingerprint density at radius 3 is 2.25 bits per heavy atom. The van der Waals surface area contributed by atoms with Gasteiger partial charge in [0.25, 0.3) is 0 Å². The normalized spacial score (nSPS) is 15.1. The zero-order chi connectivity index (χ0) is 26.5. The number of fused-ring (bicyclic) bond motifs is 1. The number of hydrogen-bond donors (Lipinski definition) is 1. The Labute approximate surface area is 210 Å². The number of aromatic carboxylic acids is 1. The zero-order valence-corrected chi connectivity index (χ0v) is 21.4. The van der Waals surface area contributed by atoms with Gasteiger partial charge in [0.15, 0.2) is 0 Å². The highest BCUT2D eigenvalue weighted by atomic mass is 19.4. The van der Waals surface area contributed by atoms with Gasteiger partial charge >= 0.3 is 12.1 Å². The lowest BCUT2D eigenvalue weighted by molar-refractivity contribution is -0.177. The Balaban J connectivity index is 0.00000176. The van der Waals surface area contributed by atoms with Crippen molar-refractivity contribution in [1.29, 1.82) is 0 Å². The van der Waals surface area contributed by atoms with E-state index >= 15 is 0 Å². The largest absolute Gasteiger partial charge is 0.475 e. The molecule has 0 radical (unpaired) electrons. The quantitative estimate of drug-likeness (QED) is 0.341. The number of nitrogens with zero attached hydrogens (tertiary/aromatic N) is 2. The van der Waals surface area contributed by atoms with Crippen LogP contribution in [0, 0.1) is 5.92 Å². The number of benzene rings is 1. The molecule has 1 N–H and O–H groups in total. The number of carboxylic acids is 1. The molecule has 1 aliphatic carbocycles. The van der Waals surface area contributed by atoms with Crippen molar-refractivity contribution in [3.8, 4) is 17.1 Å². The molecule has 1 aliphatic rings. The van der Waals surface area contributed by atoms with Crippen molar-refractivity contribution in [1.82, 2.24) is 4.57 Å². The Hall–Kier alpha value is -3.16. The molecule has 2 aromatic heterocycles. The van der Waals surface area contributed by atoms with Crippen molar-refractivity contribution in [2.75, 3.05) is 18.0 Å². The summed E-state index contributed by atoms with van der Waals surface area (Å²) in [6.07, 6.45) is -2.05. The highest BCUT2D eigenvalue weighted by Crippen LogP contribution is 2.41. The first kappa shape index (κ1) is 27.4. The molecule has 0 spiro atoms. The van der Waals surface area contributed by atoms with Crippen molar-refractivity contribution in [2.24, 2.45) is 5.92 Å². The van der Waals surface area contributed by atoms with Gasteiger partial charge in [-0.25, -0.2) is 4.79 Å². The van der Waals surface area contributed by atoms with Crippen LogP contribution in [0.3, 0.4) is 0 Å². The Morgan fingerprint density at radius 2 is 1.72 bits per heavy atom. The summed E-state index contributed by atoms with van der Waals surface area (Å²) in [5.41, 5.74) is 3.99. The second-order valence-corrected chi connectivity index (χ2v) is 8.80. The first-order valence-corrected chi connectivity index (χ1v) is 12.7. The molecule has 5 nitrogen and oxygen atoms in total. The molecular formula is C28H35F3N2O3. The van der Waals surface area contributed by atoms with Crippen molar-refractivity contribution >= 4 is 11.7 Å². The summed E-state index contributed by atoms with van der Waals surface area (Å²) >= 11 is 0. The minimum atomic E-state index is -4.25. The summed E-state index contributed by atoms with van der Waals surface area (Å²) in [6.45, 7) is 10.2. The molecule has 196 valence electrons. The van der Waals surface area contributed by atoms with Gasteiger partial charge in [-0.05, 0) is 67.5 Å². The number of halogens is 3. The Kier molecular flexibility index (Phi) is 8.93. The van der Waals surface area contributed by atoms with E-state index in [0.717, 1.165) is 42.9 Å². The van der Waals surface area contributed by atoms with Crippen LogP contribution in [-0.4, -0.2) is 34.9 Å². The maximum absolute atomic E-state index is 13.4. The fourth-order valence-corrected chi connectivity index (χ4v) is 4.79. The number of carbonyl (C=O) groups is 1. The molecule has 1 aromatic carbocycles. The molecular weight excluding hydrogens is 469 g/mol. The second-order valence-electron chi connectivity index (χ2n) is 8.80. The van der Waals surface area contributed by atoms with Gasteiger partial charge in [0.1, 0.15) is 0 Å². The van der Waals surface area contributed by atoms with E-state index in [0.29, 0.717) is 17.1 Å². The van der Waals surface area contributed by atoms with Crippen molar-refractivity contribution < 1.29 is 27.5 Å². The molecule has 0 saturated heterocycles. The molecule has 0 saturated carbocycles. The molecule has 1 atom stereocenters. The van der Waals surface area contributed by atoms with E-state index < -0.39 is 18.1 Å². The molecule has 8 heteroatoms. The van der Waals surface area contributed by atoms with Crippen LogP contribution in [0.15, 0.2) is 46.9 Å². The highest BCUT2D eigenvalue weighted by molar-refractivity contribution is 5.84. The van der Waals surface area contributed by atoms with Gasteiger partial charge in [-0.1, -0.05) is 39.8 Å². The Morgan fingerprint density at radius 1 is 1.08 bits per heavy atom. The van der Waals surface area contributed by atoms with E-state index in [-0.39, 0.29) is 25.0 Å². The fourth-order valence-electron chi connectivity index (χ4n) is 4.79. The standard InChI is InChI=1S/C26H29F3N2O3.C2H6/c1-3-13-30(14-4-2)20-8-5-17(6-9-20)22-16-18-15-19(26(27,28)29)7-10-21(18)31(22)24-12-11-23(34-24)25(32)33;1-2/h5-6,8-9,11-12,16,19H,3-4,7,10,13-15H2,1-2H3,(H,32,33);1-2H3. The zero-order valence-electron chi connectivity index (χ0n) is 21.4. The molecule has 0 amide bonds. The van der Waals surface area contributed by atoms with Gasteiger partial charge in [-0.3, -0.25) is 4.57 Å². The molecule has 4 rings (SSSR count). The highest BCUT2D eigenvalue weighted by Gasteiger charge is 2.42. The minimum Gasteiger partial charge on any atom is -0.475 e. The van der Waals surface area contributed by atoms with Gasteiger partial charge < -0.3 is 14.4 Å². The van der Waals surface area contributed by atoms with Gasteiger partial charge in [-0.2, -0.15) is 13.2 Å². The molecule has 2 heterocycles. The summed E-state index contributed by atoms with van der Waals surface area (Å²) in [6, 6.07) is 12.7. The number of alkyl halides is 3. The first-order chi connectivity index (χ1) is 17.2. The minimum absolute atomic E-state index is 0.00557. The lowest BCUT2D eigenvalue weighted by Crippen LogP contribution is -2.29. The molecule has 0 bridgehead atoms. The second kappa shape index (κ2) is 11.7. The lowest BCUT2D eigenvalue weighted by atomic mass is 9.87. The summed E-state index contributed by atoms with van der Waals surface area (Å²) in [5.74, 6) is -2.49. The molecule has 3 aromatic rings. The number of rotatable bonds is 8. The third-order valence-electron chi connectivity index (χ3n) is 6.39.